The number of aromatic nitrogens is 1. The molecule has 0 fully saturated rings. The minimum absolute atomic E-state index is 0.0841. The summed E-state index contributed by atoms with van der Waals surface area (Å²) in [6.45, 7) is 3.89. The maximum absolute atomic E-state index is 12.2. The molecule has 0 atom stereocenters. The van der Waals surface area contributed by atoms with Crippen LogP contribution in [0.15, 0.2) is 30.3 Å². The van der Waals surface area contributed by atoms with Crippen LogP contribution in [-0.4, -0.2) is 31.7 Å². The molecule has 0 radical (unpaired) electrons. The number of amides is 1. The van der Waals surface area contributed by atoms with Gasteiger partial charge in [0, 0.05) is 6.07 Å². The van der Waals surface area contributed by atoms with E-state index in [1.807, 2.05) is 32.0 Å². The lowest BCUT2D eigenvalue weighted by Gasteiger charge is -2.07. The number of carbonyl (C=O) groups is 1. The zero-order valence-corrected chi connectivity index (χ0v) is 15.9. The normalized spacial score (nSPS) is 10.6. The molecule has 26 heavy (non-hydrogen) atoms. The van der Waals surface area contributed by atoms with Gasteiger partial charge in [0.15, 0.2) is 11.7 Å². The molecule has 0 bridgehead atoms. The average Bonchev–Trinajstić information content (AvgIpc) is 3.00. The Morgan fingerprint density at radius 1 is 1.04 bits per heavy atom. The number of rotatable bonds is 6. The van der Waals surface area contributed by atoms with Gasteiger partial charge in [0.25, 0.3) is 5.91 Å². The Bertz CT molecular complexity index is 932. The lowest BCUT2D eigenvalue weighted by molar-refractivity contribution is -0.118. The first-order chi connectivity index (χ1) is 12.5. The van der Waals surface area contributed by atoms with E-state index in [2.05, 4.69) is 16.4 Å². The summed E-state index contributed by atoms with van der Waals surface area (Å²) < 4.78 is 17.0. The first kappa shape index (κ1) is 18.0. The zero-order valence-electron chi connectivity index (χ0n) is 15.1. The second-order valence-corrected chi connectivity index (χ2v) is 6.89. The number of aryl methyl sites for hydroxylation is 2. The van der Waals surface area contributed by atoms with Crippen LogP contribution < -0.4 is 19.5 Å². The molecule has 1 heterocycles. The molecule has 2 aromatic carbocycles. The Morgan fingerprint density at radius 3 is 2.42 bits per heavy atom. The smallest absolute Gasteiger partial charge is 0.264 e. The van der Waals surface area contributed by atoms with Crippen molar-refractivity contribution in [2.75, 3.05) is 26.1 Å². The quantitative estimate of drug-likeness (QED) is 0.709. The molecule has 136 valence electrons. The fourth-order valence-corrected chi connectivity index (χ4v) is 3.55. The minimum Gasteiger partial charge on any atom is -0.497 e. The minimum atomic E-state index is -0.269. The standard InChI is InChI=1S/C19H20N2O4S/c1-11-5-12(2)7-14(6-11)25-10-17(22)20-19-21-18-15(24-4)8-13(23-3)9-16(18)26-19/h5-9H,10H2,1-4H3,(H,20,21,22). The Balaban J connectivity index is 1.71. The number of anilines is 1. The van der Waals surface area contributed by atoms with E-state index in [0.717, 1.165) is 15.8 Å². The Labute approximate surface area is 155 Å². The van der Waals surface area contributed by atoms with E-state index in [1.54, 1.807) is 20.3 Å². The third kappa shape index (κ3) is 4.05. The molecule has 0 unspecified atom stereocenters. The van der Waals surface area contributed by atoms with Crippen molar-refractivity contribution in [3.05, 3.63) is 41.5 Å². The van der Waals surface area contributed by atoms with Crippen LogP contribution in [0.4, 0.5) is 5.13 Å². The van der Waals surface area contributed by atoms with Crippen molar-refractivity contribution in [2.45, 2.75) is 13.8 Å². The first-order valence-electron chi connectivity index (χ1n) is 8.02. The number of thiazole rings is 1. The number of carbonyl (C=O) groups excluding carboxylic acids is 1. The van der Waals surface area contributed by atoms with E-state index < -0.39 is 0 Å². The van der Waals surface area contributed by atoms with Crippen LogP contribution in [0, 0.1) is 13.8 Å². The highest BCUT2D eigenvalue weighted by atomic mass is 32.1. The fraction of sp³-hybridized carbons (Fsp3) is 0.263. The summed E-state index contributed by atoms with van der Waals surface area (Å²) >= 11 is 1.35. The average molecular weight is 372 g/mol. The maximum Gasteiger partial charge on any atom is 0.264 e. The lowest BCUT2D eigenvalue weighted by atomic mass is 10.1. The Hall–Kier alpha value is -2.80. The van der Waals surface area contributed by atoms with Crippen LogP contribution in [0.25, 0.3) is 10.2 Å². The molecule has 3 aromatic rings. The monoisotopic (exact) mass is 372 g/mol. The van der Waals surface area contributed by atoms with Gasteiger partial charge in [-0.15, -0.1) is 0 Å². The molecular weight excluding hydrogens is 352 g/mol. The van der Waals surface area contributed by atoms with E-state index in [1.165, 1.54) is 11.3 Å². The summed E-state index contributed by atoms with van der Waals surface area (Å²) in [5.41, 5.74) is 2.86. The number of nitrogens with one attached hydrogen (secondary N) is 1. The van der Waals surface area contributed by atoms with E-state index in [4.69, 9.17) is 14.2 Å². The van der Waals surface area contributed by atoms with Gasteiger partial charge in [-0.2, -0.15) is 0 Å². The van der Waals surface area contributed by atoms with Crippen molar-refractivity contribution in [3.8, 4) is 17.2 Å². The van der Waals surface area contributed by atoms with Gasteiger partial charge in [0.05, 0.1) is 18.9 Å². The molecule has 6 nitrogen and oxygen atoms in total. The molecule has 0 spiro atoms. The van der Waals surface area contributed by atoms with Gasteiger partial charge in [-0.05, 0) is 43.2 Å². The highest BCUT2D eigenvalue weighted by Crippen LogP contribution is 2.36. The van der Waals surface area contributed by atoms with Gasteiger partial charge >= 0.3 is 0 Å². The van der Waals surface area contributed by atoms with Gasteiger partial charge in [-0.3, -0.25) is 10.1 Å². The van der Waals surface area contributed by atoms with Crippen LogP contribution >= 0.6 is 11.3 Å². The largest absolute Gasteiger partial charge is 0.497 e. The number of hydrogen-bond donors (Lipinski definition) is 1. The summed E-state index contributed by atoms with van der Waals surface area (Å²) in [5.74, 6) is 1.68. The van der Waals surface area contributed by atoms with E-state index in [9.17, 15) is 4.79 Å². The van der Waals surface area contributed by atoms with Crippen molar-refractivity contribution in [3.63, 3.8) is 0 Å². The molecule has 0 aliphatic heterocycles. The number of hydrogen-bond acceptors (Lipinski definition) is 6. The van der Waals surface area contributed by atoms with Crippen molar-refractivity contribution in [1.29, 1.82) is 0 Å². The fourth-order valence-electron chi connectivity index (χ4n) is 2.62. The summed E-state index contributed by atoms with van der Waals surface area (Å²) in [6.07, 6.45) is 0. The number of nitrogens with zero attached hydrogens (tertiary/aromatic N) is 1. The summed E-state index contributed by atoms with van der Waals surface area (Å²) in [7, 11) is 3.16. The predicted molar refractivity (Wildman–Crippen MR) is 103 cm³/mol. The molecule has 0 saturated heterocycles. The summed E-state index contributed by atoms with van der Waals surface area (Å²) in [6, 6.07) is 9.47. The van der Waals surface area contributed by atoms with Crippen LogP contribution in [0.3, 0.4) is 0 Å². The topological polar surface area (TPSA) is 69.7 Å². The summed E-state index contributed by atoms with van der Waals surface area (Å²) in [5, 5.41) is 3.25. The van der Waals surface area contributed by atoms with E-state index in [0.29, 0.717) is 27.9 Å². The predicted octanol–water partition coefficient (Wildman–Crippen LogP) is 3.95. The number of ether oxygens (including phenoxy) is 3. The molecular formula is C19H20N2O4S. The highest BCUT2D eigenvalue weighted by molar-refractivity contribution is 7.22. The number of benzene rings is 2. The molecule has 3 rings (SSSR count). The second-order valence-electron chi connectivity index (χ2n) is 5.86. The van der Waals surface area contributed by atoms with Crippen molar-refractivity contribution in [2.24, 2.45) is 0 Å². The van der Waals surface area contributed by atoms with Gasteiger partial charge in [0.1, 0.15) is 22.8 Å². The van der Waals surface area contributed by atoms with Crippen LogP contribution in [0.2, 0.25) is 0 Å². The van der Waals surface area contributed by atoms with E-state index >= 15 is 0 Å². The van der Waals surface area contributed by atoms with Crippen LogP contribution in [0.1, 0.15) is 11.1 Å². The van der Waals surface area contributed by atoms with E-state index in [-0.39, 0.29) is 12.5 Å². The molecule has 1 amide bonds. The zero-order chi connectivity index (χ0) is 18.7. The highest BCUT2D eigenvalue weighted by Gasteiger charge is 2.13. The SMILES string of the molecule is COc1cc(OC)c2nc(NC(=O)COc3cc(C)cc(C)c3)sc2c1. The molecule has 0 aliphatic carbocycles. The van der Waals surface area contributed by atoms with Crippen molar-refractivity contribution in [1.82, 2.24) is 4.98 Å². The lowest BCUT2D eigenvalue weighted by Crippen LogP contribution is -2.20. The summed E-state index contributed by atoms with van der Waals surface area (Å²) in [4.78, 5) is 16.6. The van der Waals surface area contributed by atoms with Gasteiger partial charge < -0.3 is 14.2 Å². The molecule has 1 N–H and O–H groups in total. The molecule has 0 saturated carbocycles. The van der Waals surface area contributed by atoms with Crippen LogP contribution in [-0.2, 0) is 4.79 Å². The molecule has 1 aromatic heterocycles. The number of fused-ring (bicyclic) bond motifs is 1. The molecule has 7 heteroatoms. The maximum atomic E-state index is 12.2. The van der Waals surface area contributed by atoms with Gasteiger partial charge in [0.2, 0.25) is 0 Å². The first-order valence-corrected chi connectivity index (χ1v) is 8.83. The van der Waals surface area contributed by atoms with Crippen molar-refractivity contribution < 1.29 is 19.0 Å². The van der Waals surface area contributed by atoms with Crippen LogP contribution in [0.5, 0.6) is 17.2 Å². The third-order valence-corrected chi connectivity index (χ3v) is 4.62. The van der Waals surface area contributed by atoms with Gasteiger partial charge in [-0.1, -0.05) is 17.4 Å². The number of methoxy groups -OCH3 is 2. The third-order valence-electron chi connectivity index (χ3n) is 3.70. The van der Waals surface area contributed by atoms with Gasteiger partial charge in [-0.25, -0.2) is 4.98 Å². The molecule has 0 aliphatic rings. The second kappa shape index (κ2) is 7.61. The Morgan fingerprint density at radius 2 is 1.77 bits per heavy atom. The Kier molecular flexibility index (Phi) is 5.27. The van der Waals surface area contributed by atoms with Crippen molar-refractivity contribution >= 4 is 32.6 Å².